The molecule has 134 valence electrons. The average Bonchev–Trinajstić information content (AvgIpc) is 3.02. The molecule has 0 radical (unpaired) electrons. The van der Waals surface area contributed by atoms with Crippen molar-refractivity contribution < 1.29 is 4.79 Å². The molecule has 1 atom stereocenters. The van der Waals surface area contributed by atoms with Gasteiger partial charge in [-0.05, 0) is 19.2 Å². The summed E-state index contributed by atoms with van der Waals surface area (Å²) in [6.45, 7) is 5.72. The highest BCUT2D eigenvalue weighted by Gasteiger charge is 2.25. The molecule has 24 heavy (non-hydrogen) atoms. The topological polar surface area (TPSA) is 78.7 Å². The second-order valence-corrected chi connectivity index (χ2v) is 5.60. The minimum atomic E-state index is 0. The van der Waals surface area contributed by atoms with Gasteiger partial charge in [-0.2, -0.15) is 4.52 Å². The third-order valence-corrected chi connectivity index (χ3v) is 3.99. The number of carbonyl (C=O) groups is 1. The molecule has 3 rings (SSSR count). The molecule has 8 nitrogen and oxygen atoms in total. The Bertz CT molecular complexity index is 657. The first-order chi connectivity index (χ1) is 10.7. The number of amides is 1. The summed E-state index contributed by atoms with van der Waals surface area (Å²) in [6.07, 6.45) is 1.60. The molecule has 2 aromatic heterocycles. The second-order valence-electron chi connectivity index (χ2n) is 5.60. The van der Waals surface area contributed by atoms with Crippen LogP contribution in [0.1, 0.15) is 6.92 Å². The van der Waals surface area contributed by atoms with E-state index in [2.05, 4.69) is 25.5 Å². The third-order valence-electron chi connectivity index (χ3n) is 3.99. The molecule has 1 amide bonds. The number of hydrogen-bond donors (Lipinski definition) is 1. The first kappa shape index (κ1) is 20.4. The van der Waals surface area contributed by atoms with Crippen LogP contribution in [0.25, 0.3) is 5.65 Å². The summed E-state index contributed by atoms with van der Waals surface area (Å²) in [6, 6.07) is 3.85. The number of piperazine rings is 1. The van der Waals surface area contributed by atoms with Crippen LogP contribution in [0.5, 0.6) is 0 Å². The van der Waals surface area contributed by atoms with Gasteiger partial charge in [0, 0.05) is 38.6 Å². The van der Waals surface area contributed by atoms with E-state index in [4.69, 9.17) is 0 Å². The fourth-order valence-electron chi connectivity index (χ4n) is 2.75. The number of halogens is 2. The highest BCUT2D eigenvalue weighted by Crippen LogP contribution is 2.15. The molecule has 1 fully saturated rings. The van der Waals surface area contributed by atoms with E-state index in [1.165, 1.54) is 0 Å². The molecule has 1 aliphatic rings. The third kappa shape index (κ3) is 4.25. The van der Waals surface area contributed by atoms with Crippen molar-refractivity contribution in [2.75, 3.05) is 44.7 Å². The van der Waals surface area contributed by atoms with Gasteiger partial charge in [-0.25, -0.2) is 0 Å². The Kier molecular flexibility index (Phi) is 7.65. The summed E-state index contributed by atoms with van der Waals surface area (Å²) >= 11 is 0. The maximum atomic E-state index is 12.3. The molecule has 0 spiro atoms. The normalized spacial score (nSPS) is 15.6. The van der Waals surface area contributed by atoms with Crippen molar-refractivity contribution >= 4 is 42.2 Å². The predicted octanol–water partition coefficient (Wildman–Crippen LogP) is 0.472. The Labute approximate surface area is 153 Å². The zero-order valence-corrected chi connectivity index (χ0v) is 15.4. The Morgan fingerprint density at radius 2 is 1.96 bits per heavy atom. The largest absolute Gasteiger partial charge is 0.352 e. The first-order valence-electron chi connectivity index (χ1n) is 7.54. The van der Waals surface area contributed by atoms with Gasteiger partial charge >= 0.3 is 0 Å². The van der Waals surface area contributed by atoms with Crippen molar-refractivity contribution in [2.24, 2.45) is 5.92 Å². The molecule has 2 aromatic rings. The van der Waals surface area contributed by atoms with Crippen LogP contribution in [0, 0.1) is 5.92 Å². The van der Waals surface area contributed by atoms with E-state index in [0.717, 1.165) is 37.6 Å². The Morgan fingerprint density at radius 3 is 2.62 bits per heavy atom. The molecule has 1 unspecified atom stereocenters. The van der Waals surface area contributed by atoms with Crippen molar-refractivity contribution in [3.63, 3.8) is 0 Å². The van der Waals surface area contributed by atoms with Gasteiger partial charge < -0.3 is 15.1 Å². The molecular formula is C14H23Cl2N7O. The maximum absolute atomic E-state index is 12.3. The number of aromatic nitrogens is 4. The van der Waals surface area contributed by atoms with Gasteiger partial charge in [0.15, 0.2) is 5.65 Å². The predicted molar refractivity (Wildman–Crippen MR) is 97.2 cm³/mol. The molecule has 3 heterocycles. The van der Waals surface area contributed by atoms with E-state index in [1.54, 1.807) is 10.8 Å². The quantitative estimate of drug-likeness (QED) is 0.836. The fourth-order valence-corrected chi connectivity index (χ4v) is 2.75. The van der Waals surface area contributed by atoms with Crippen LogP contribution in [0.2, 0.25) is 0 Å². The standard InChI is InChI=1S/C14H21N7O.2ClH/c1-11(9-15-2)14(22)20-7-5-19(6-8-20)13-4-3-12-17-16-10-21(12)18-13;;/h3-4,10-11,15H,5-9H2,1-2H3;2*1H. The number of fused-ring (bicyclic) bond motifs is 1. The number of hydrogen-bond acceptors (Lipinski definition) is 6. The van der Waals surface area contributed by atoms with Crippen LogP contribution in [-0.2, 0) is 4.79 Å². The molecule has 0 aromatic carbocycles. The van der Waals surface area contributed by atoms with Crippen LogP contribution >= 0.6 is 24.8 Å². The van der Waals surface area contributed by atoms with Crippen molar-refractivity contribution in [1.82, 2.24) is 30.0 Å². The average molecular weight is 376 g/mol. The molecular weight excluding hydrogens is 353 g/mol. The summed E-state index contributed by atoms with van der Waals surface area (Å²) in [7, 11) is 1.87. The van der Waals surface area contributed by atoms with E-state index in [-0.39, 0.29) is 36.6 Å². The Morgan fingerprint density at radius 1 is 1.25 bits per heavy atom. The highest BCUT2D eigenvalue weighted by atomic mass is 35.5. The van der Waals surface area contributed by atoms with E-state index < -0.39 is 0 Å². The van der Waals surface area contributed by atoms with Gasteiger partial charge in [-0.3, -0.25) is 4.79 Å². The smallest absolute Gasteiger partial charge is 0.226 e. The SMILES string of the molecule is CNCC(C)C(=O)N1CCN(c2ccc3nncn3n2)CC1.Cl.Cl. The zero-order chi connectivity index (χ0) is 15.5. The minimum absolute atomic E-state index is 0. The summed E-state index contributed by atoms with van der Waals surface area (Å²) in [5.74, 6) is 1.13. The van der Waals surface area contributed by atoms with Gasteiger partial charge in [0.05, 0.1) is 0 Å². The van der Waals surface area contributed by atoms with E-state index in [1.807, 2.05) is 31.0 Å². The lowest BCUT2D eigenvalue weighted by molar-refractivity contribution is -0.135. The summed E-state index contributed by atoms with van der Waals surface area (Å²) in [4.78, 5) is 16.4. The minimum Gasteiger partial charge on any atom is -0.352 e. The number of anilines is 1. The molecule has 1 saturated heterocycles. The number of nitrogens with zero attached hydrogens (tertiary/aromatic N) is 6. The van der Waals surface area contributed by atoms with Gasteiger partial charge in [-0.1, -0.05) is 6.92 Å². The number of rotatable bonds is 4. The summed E-state index contributed by atoms with van der Waals surface area (Å²) in [5.41, 5.74) is 0.735. The van der Waals surface area contributed by atoms with E-state index >= 15 is 0 Å². The van der Waals surface area contributed by atoms with Crippen LogP contribution in [0.15, 0.2) is 18.5 Å². The summed E-state index contributed by atoms with van der Waals surface area (Å²) < 4.78 is 1.67. The molecule has 1 aliphatic heterocycles. The van der Waals surface area contributed by atoms with Crippen LogP contribution in [0.4, 0.5) is 5.82 Å². The van der Waals surface area contributed by atoms with Crippen molar-refractivity contribution in [1.29, 1.82) is 0 Å². The molecule has 0 bridgehead atoms. The van der Waals surface area contributed by atoms with Crippen LogP contribution in [0.3, 0.4) is 0 Å². The molecule has 10 heteroatoms. The molecule has 1 N–H and O–H groups in total. The van der Waals surface area contributed by atoms with Gasteiger partial charge in [0.25, 0.3) is 0 Å². The van der Waals surface area contributed by atoms with Crippen LogP contribution in [-0.4, -0.2) is 70.4 Å². The van der Waals surface area contributed by atoms with Gasteiger partial charge in [0.1, 0.15) is 12.1 Å². The van der Waals surface area contributed by atoms with Crippen molar-refractivity contribution in [2.45, 2.75) is 6.92 Å². The monoisotopic (exact) mass is 375 g/mol. The first-order valence-corrected chi connectivity index (χ1v) is 7.54. The molecule has 0 aliphatic carbocycles. The second kappa shape index (κ2) is 9.00. The van der Waals surface area contributed by atoms with Crippen molar-refractivity contribution in [3.05, 3.63) is 18.5 Å². The van der Waals surface area contributed by atoms with E-state index in [9.17, 15) is 4.79 Å². The highest BCUT2D eigenvalue weighted by molar-refractivity contribution is 5.85. The Balaban J connectivity index is 0.00000144. The zero-order valence-electron chi connectivity index (χ0n) is 13.8. The lowest BCUT2D eigenvalue weighted by Gasteiger charge is -2.36. The lowest BCUT2D eigenvalue weighted by Crippen LogP contribution is -2.51. The maximum Gasteiger partial charge on any atom is 0.226 e. The van der Waals surface area contributed by atoms with E-state index in [0.29, 0.717) is 6.54 Å². The lowest BCUT2D eigenvalue weighted by atomic mass is 10.1. The van der Waals surface area contributed by atoms with Crippen LogP contribution < -0.4 is 10.2 Å². The van der Waals surface area contributed by atoms with Crippen molar-refractivity contribution in [3.8, 4) is 0 Å². The van der Waals surface area contributed by atoms with Gasteiger partial charge in [0.2, 0.25) is 5.91 Å². The van der Waals surface area contributed by atoms with Gasteiger partial charge in [-0.15, -0.1) is 40.1 Å². The number of nitrogens with one attached hydrogen (secondary N) is 1. The molecule has 0 saturated carbocycles. The summed E-state index contributed by atoms with van der Waals surface area (Å²) in [5, 5.41) is 15.3. The number of carbonyl (C=O) groups excluding carboxylic acids is 1. The Hall–Kier alpha value is -1.64. The fraction of sp³-hybridized carbons (Fsp3) is 0.571.